The van der Waals surface area contributed by atoms with Gasteiger partial charge in [0.15, 0.2) is 0 Å². The lowest BCUT2D eigenvalue weighted by Crippen LogP contribution is -2.32. The SMILES string of the molecule is CCN1CCN(c2ccc(NC(=O)c3ccc(OC(F)(F)F)cc3)cn2)C1=O. The predicted molar refractivity (Wildman–Crippen MR) is 95.3 cm³/mol. The van der Waals surface area contributed by atoms with E-state index in [0.717, 1.165) is 12.1 Å². The first-order valence-corrected chi connectivity index (χ1v) is 8.46. The molecule has 1 aliphatic heterocycles. The number of likely N-dealkylation sites (N-methyl/N-ethyl adjacent to an activating group) is 1. The van der Waals surface area contributed by atoms with Crippen molar-refractivity contribution >= 4 is 23.4 Å². The summed E-state index contributed by atoms with van der Waals surface area (Å²) in [4.78, 5) is 31.8. The number of rotatable bonds is 5. The van der Waals surface area contributed by atoms with Crippen molar-refractivity contribution in [1.29, 1.82) is 0 Å². The molecule has 0 spiro atoms. The van der Waals surface area contributed by atoms with Crippen molar-refractivity contribution in [2.24, 2.45) is 0 Å². The summed E-state index contributed by atoms with van der Waals surface area (Å²) >= 11 is 0. The van der Waals surface area contributed by atoms with E-state index in [4.69, 9.17) is 0 Å². The van der Waals surface area contributed by atoms with Crippen LogP contribution in [-0.4, -0.2) is 47.8 Å². The van der Waals surface area contributed by atoms with Gasteiger partial charge in [-0.25, -0.2) is 9.78 Å². The number of nitrogens with one attached hydrogen (secondary N) is 1. The molecule has 1 aliphatic rings. The summed E-state index contributed by atoms with van der Waals surface area (Å²) in [6, 6.07) is 7.66. The summed E-state index contributed by atoms with van der Waals surface area (Å²) < 4.78 is 40.3. The Balaban J connectivity index is 1.62. The van der Waals surface area contributed by atoms with Gasteiger partial charge < -0.3 is 15.0 Å². The van der Waals surface area contributed by atoms with Crippen LogP contribution in [-0.2, 0) is 0 Å². The van der Waals surface area contributed by atoms with E-state index in [1.807, 2.05) is 6.92 Å². The lowest BCUT2D eigenvalue weighted by molar-refractivity contribution is -0.274. The molecule has 1 fully saturated rings. The number of hydrogen-bond donors (Lipinski definition) is 1. The zero-order chi connectivity index (χ0) is 20.3. The molecule has 10 heteroatoms. The van der Waals surface area contributed by atoms with Gasteiger partial charge >= 0.3 is 12.4 Å². The van der Waals surface area contributed by atoms with Gasteiger partial charge in [-0.05, 0) is 43.3 Å². The van der Waals surface area contributed by atoms with Crippen LogP contribution in [0.4, 0.5) is 29.5 Å². The Morgan fingerprint density at radius 1 is 1.18 bits per heavy atom. The standard InChI is InChI=1S/C18H17F3N4O3/c1-2-24-9-10-25(17(24)27)15-8-5-13(11-22-15)23-16(26)12-3-6-14(7-4-12)28-18(19,20)21/h3-8,11H,2,9-10H2,1H3,(H,23,26). The van der Waals surface area contributed by atoms with Crippen LogP contribution in [0.25, 0.3) is 0 Å². The largest absolute Gasteiger partial charge is 0.573 e. The van der Waals surface area contributed by atoms with Crippen molar-refractivity contribution in [2.75, 3.05) is 29.9 Å². The monoisotopic (exact) mass is 394 g/mol. The lowest BCUT2D eigenvalue weighted by Gasteiger charge is -2.16. The number of anilines is 2. The van der Waals surface area contributed by atoms with Crippen LogP contribution in [0.2, 0.25) is 0 Å². The van der Waals surface area contributed by atoms with Crippen molar-refractivity contribution in [3.8, 4) is 5.75 Å². The fourth-order valence-corrected chi connectivity index (χ4v) is 2.72. The first-order valence-electron chi connectivity index (χ1n) is 8.46. The summed E-state index contributed by atoms with van der Waals surface area (Å²) in [6.07, 6.45) is -3.38. The van der Waals surface area contributed by atoms with Crippen molar-refractivity contribution in [3.63, 3.8) is 0 Å². The van der Waals surface area contributed by atoms with E-state index in [1.165, 1.54) is 18.3 Å². The topological polar surface area (TPSA) is 74.8 Å². The minimum atomic E-state index is -4.79. The predicted octanol–water partition coefficient (Wildman–Crippen LogP) is 3.49. The first kappa shape index (κ1) is 19.5. The summed E-state index contributed by atoms with van der Waals surface area (Å²) in [5.41, 5.74) is 0.551. The van der Waals surface area contributed by atoms with Crippen molar-refractivity contribution in [1.82, 2.24) is 9.88 Å². The molecule has 2 heterocycles. The van der Waals surface area contributed by atoms with Crippen LogP contribution in [0.3, 0.4) is 0 Å². The van der Waals surface area contributed by atoms with Gasteiger partial charge in [0.2, 0.25) is 0 Å². The van der Waals surface area contributed by atoms with E-state index in [9.17, 15) is 22.8 Å². The minimum Gasteiger partial charge on any atom is -0.406 e. The number of ether oxygens (including phenoxy) is 1. The molecular weight excluding hydrogens is 377 g/mol. The number of nitrogens with zero attached hydrogens (tertiary/aromatic N) is 3. The molecule has 1 aromatic heterocycles. The third-order valence-electron chi connectivity index (χ3n) is 4.11. The van der Waals surface area contributed by atoms with Crippen molar-refractivity contribution < 1.29 is 27.5 Å². The molecule has 1 N–H and O–H groups in total. The fraction of sp³-hybridized carbons (Fsp3) is 0.278. The van der Waals surface area contributed by atoms with Crippen LogP contribution >= 0.6 is 0 Å². The van der Waals surface area contributed by atoms with Gasteiger partial charge in [0.1, 0.15) is 11.6 Å². The molecule has 0 saturated carbocycles. The Labute approximate surface area is 158 Å². The summed E-state index contributed by atoms with van der Waals surface area (Å²) in [5.74, 6) is -0.443. The number of alkyl halides is 3. The molecule has 0 radical (unpaired) electrons. The van der Waals surface area contributed by atoms with E-state index in [0.29, 0.717) is 31.1 Å². The third kappa shape index (κ3) is 4.51. The van der Waals surface area contributed by atoms with E-state index >= 15 is 0 Å². The Bertz CT molecular complexity index is 854. The zero-order valence-corrected chi connectivity index (χ0v) is 14.9. The number of benzene rings is 1. The average molecular weight is 394 g/mol. The highest BCUT2D eigenvalue weighted by Gasteiger charge is 2.31. The van der Waals surface area contributed by atoms with E-state index < -0.39 is 18.0 Å². The highest BCUT2D eigenvalue weighted by atomic mass is 19.4. The average Bonchev–Trinajstić information content (AvgIpc) is 3.02. The maximum Gasteiger partial charge on any atom is 0.573 e. The molecule has 0 unspecified atom stereocenters. The van der Waals surface area contributed by atoms with Gasteiger partial charge in [-0.1, -0.05) is 0 Å². The number of pyridine rings is 1. The summed E-state index contributed by atoms with van der Waals surface area (Å²) in [5, 5.41) is 2.60. The smallest absolute Gasteiger partial charge is 0.406 e. The van der Waals surface area contributed by atoms with Crippen LogP contribution in [0.5, 0.6) is 5.75 Å². The van der Waals surface area contributed by atoms with Gasteiger partial charge in [-0.15, -0.1) is 13.2 Å². The highest BCUT2D eigenvalue weighted by Crippen LogP contribution is 2.23. The molecule has 1 saturated heterocycles. The molecule has 148 valence electrons. The number of aromatic nitrogens is 1. The van der Waals surface area contributed by atoms with E-state index in [2.05, 4.69) is 15.0 Å². The fourth-order valence-electron chi connectivity index (χ4n) is 2.72. The molecule has 3 rings (SSSR count). The molecule has 1 aromatic carbocycles. The second-order valence-electron chi connectivity index (χ2n) is 5.95. The Kier molecular flexibility index (Phi) is 5.39. The highest BCUT2D eigenvalue weighted by molar-refractivity contribution is 6.04. The van der Waals surface area contributed by atoms with Crippen LogP contribution in [0, 0.1) is 0 Å². The number of carbonyl (C=O) groups excluding carboxylic acids is 2. The van der Waals surface area contributed by atoms with Gasteiger partial charge in [0, 0.05) is 25.2 Å². The van der Waals surface area contributed by atoms with E-state index in [1.54, 1.807) is 21.9 Å². The van der Waals surface area contributed by atoms with Crippen molar-refractivity contribution in [2.45, 2.75) is 13.3 Å². The quantitative estimate of drug-likeness (QED) is 0.843. The van der Waals surface area contributed by atoms with Crippen LogP contribution in [0.1, 0.15) is 17.3 Å². The molecule has 7 nitrogen and oxygen atoms in total. The van der Waals surface area contributed by atoms with Gasteiger partial charge in [-0.3, -0.25) is 9.69 Å². The maximum atomic E-state index is 12.2. The Morgan fingerprint density at radius 3 is 2.43 bits per heavy atom. The zero-order valence-electron chi connectivity index (χ0n) is 14.9. The molecule has 0 bridgehead atoms. The van der Waals surface area contributed by atoms with Crippen molar-refractivity contribution in [3.05, 3.63) is 48.2 Å². The Hall–Kier alpha value is -3.30. The first-order chi connectivity index (χ1) is 13.3. The van der Waals surface area contributed by atoms with Gasteiger partial charge in [0.05, 0.1) is 11.9 Å². The number of halogens is 3. The second kappa shape index (κ2) is 7.75. The van der Waals surface area contributed by atoms with Crippen LogP contribution < -0.4 is 15.0 Å². The molecular formula is C18H17F3N4O3. The molecule has 2 aromatic rings. The molecule has 3 amide bonds. The number of urea groups is 1. The normalized spacial score (nSPS) is 14.4. The molecule has 0 aliphatic carbocycles. The number of amides is 3. The molecule has 28 heavy (non-hydrogen) atoms. The summed E-state index contributed by atoms with van der Waals surface area (Å²) in [6.45, 7) is 3.69. The van der Waals surface area contributed by atoms with Crippen LogP contribution in [0.15, 0.2) is 42.6 Å². The third-order valence-corrected chi connectivity index (χ3v) is 4.11. The van der Waals surface area contributed by atoms with Gasteiger partial charge in [0.25, 0.3) is 5.91 Å². The number of hydrogen-bond acceptors (Lipinski definition) is 4. The number of carbonyl (C=O) groups is 2. The molecule has 0 atom stereocenters. The Morgan fingerprint density at radius 2 is 1.89 bits per heavy atom. The lowest BCUT2D eigenvalue weighted by atomic mass is 10.2. The second-order valence-corrected chi connectivity index (χ2v) is 5.95. The van der Waals surface area contributed by atoms with Gasteiger partial charge in [-0.2, -0.15) is 0 Å². The maximum absolute atomic E-state index is 12.2. The minimum absolute atomic E-state index is 0.118. The van der Waals surface area contributed by atoms with E-state index in [-0.39, 0.29) is 11.6 Å². The summed E-state index contributed by atoms with van der Waals surface area (Å²) in [7, 11) is 0.